The SMILES string of the molecule is O=S(=O)(N(c1ccc(Br)cc1)C(F)F)C(F)(F)F. The highest BCUT2D eigenvalue weighted by atomic mass is 79.9. The van der Waals surface area contributed by atoms with Crippen molar-refractivity contribution in [3.05, 3.63) is 28.7 Å². The summed E-state index contributed by atoms with van der Waals surface area (Å²) < 4.78 is 83.2. The molecule has 1 rings (SSSR count). The van der Waals surface area contributed by atoms with E-state index in [1.165, 1.54) is 0 Å². The van der Waals surface area contributed by atoms with Crippen LogP contribution in [-0.2, 0) is 10.0 Å². The maximum Gasteiger partial charge on any atom is 0.516 e. The Labute approximate surface area is 107 Å². The average molecular weight is 354 g/mol. The van der Waals surface area contributed by atoms with Crippen molar-refractivity contribution < 1.29 is 30.4 Å². The lowest BCUT2D eigenvalue weighted by atomic mass is 10.3. The van der Waals surface area contributed by atoms with E-state index in [4.69, 9.17) is 0 Å². The minimum Gasteiger partial charge on any atom is -0.203 e. The summed E-state index contributed by atoms with van der Waals surface area (Å²) in [6, 6.07) is 3.96. The molecular formula is C8H5BrF5NO2S. The van der Waals surface area contributed by atoms with Crippen molar-refractivity contribution in [3.63, 3.8) is 0 Å². The second-order valence-corrected chi connectivity index (χ2v) is 5.72. The van der Waals surface area contributed by atoms with E-state index in [9.17, 15) is 30.4 Å². The van der Waals surface area contributed by atoms with Crippen LogP contribution in [0, 0.1) is 0 Å². The monoisotopic (exact) mass is 353 g/mol. The van der Waals surface area contributed by atoms with Crippen LogP contribution in [-0.4, -0.2) is 20.5 Å². The second-order valence-electron chi connectivity index (χ2n) is 3.00. The second kappa shape index (κ2) is 5.00. The molecule has 0 atom stereocenters. The first-order chi connectivity index (χ1) is 8.07. The largest absolute Gasteiger partial charge is 0.516 e. The van der Waals surface area contributed by atoms with Crippen LogP contribution < -0.4 is 4.31 Å². The van der Waals surface area contributed by atoms with Gasteiger partial charge in [0.05, 0.1) is 5.69 Å². The molecule has 10 heteroatoms. The fourth-order valence-corrected chi connectivity index (χ4v) is 2.15. The standard InChI is InChI=1S/C8H5BrF5NO2S/c9-5-1-3-6(4-2-5)15(7(10)11)18(16,17)8(12,13)14/h1-4,7H. The van der Waals surface area contributed by atoms with Crippen LogP contribution in [0.4, 0.5) is 27.6 Å². The van der Waals surface area contributed by atoms with Crippen LogP contribution in [0.5, 0.6) is 0 Å². The van der Waals surface area contributed by atoms with Gasteiger partial charge in [0.2, 0.25) is 0 Å². The summed E-state index contributed by atoms with van der Waals surface area (Å²) in [5.74, 6) is 0. The summed E-state index contributed by atoms with van der Waals surface area (Å²) in [5, 5.41) is 0. The lowest BCUT2D eigenvalue weighted by molar-refractivity contribution is -0.0453. The van der Waals surface area contributed by atoms with E-state index in [0.717, 1.165) is 24.3 Å². The summed E-state index contributed by atoms with van der Waals surface area (Å²) in [7, 11) is -6.14. The Kier molecular flexibility index (Phi) is 4.21. The van der Waals surface area contributed by atoms with E-state index in [1.807, 2.05) is 0 Å². The fraction of sp³-hybridized carbons (Fsp3) is 0.250. The van der Waals surface area contributed by atoms with Crippen molar-refractivity contribution in [1.82, 2.24) is 0 Å². The lowest BCUT2D eigenvalue weighted by Crippen LogP contribution is -2.43. The van der Waals surface area contributed by atoms with Gasteiger partial charge < -0.3 is 0 Å². The van der Waals surface area contributed by atoms with E-state index < -0.39 is 32.1 Å². The molecule has 0 aromatic heterocycles. The molecule has 0 unspecified atom stereocenters. The summed E-state index contributed by atoms with van der Waals surface area (Å²) in [5.41, 5.74) is -6.57. The number of alkyl halides is 5. The quantitative estimate of drug-likeness (QED) is 0.617. The fourth-order valence-electron chi connectivity index (χ4n) is 1.06. The van der Waals surface area contributed by atoms with E-state index >= 15 is 0 Å². The smallest absolute Gasteiger partial charge is 0.203 e. The summed E-state index contributed by atoms with van der Waals surface area (Å²) in [6.07, 6.45) is 0. The molecule has 0 aliphatic heterocycles. The normalized spacial score (nSPS) is 12.8. The van der Waals surface area contributed by atoms with Crippen LogP contribution in [0.15, 0.2) is 28.7 Å². The lowest BCUT2D eigenvalue weighted by Gasteiger charge is -2.24. The van der Waals surface area contributed by atoms with Crippen LogP contribution >= 0.6 is 15.9 Å². The third-order valence-electron chi connectivity index (χ3n) is 1.81. The van der Waals surface area contributed by atoms with Crippen molar-refractivity contribution in [1.29, 1.82) is 0 Å². The molecule has 0 radical (unpaired) electrons. The Morgan fingerprint density at radius 2 is 1.56 bits per heavy atom. The number of benzene rings is 1. The summed E-state index contributed by atoms with van der Waals surface area (Å²) in [4.78, 5) is 0. The maximum absolute atomic E-state index is 12.5. The minimum atomic E-state index is -6.14. The molecule has 0 fully saturated rings. The van der Waals surface area contributed by atoms with E-state index in [0.29, 0.717) is 4.47 Å². The molecule has 0 saturated heterocycles. The molecular weight excluding hydrogens is 349 g/mol. The molecule has 0 spiro atoms. The topological polar surface area (TPSA) is 37.4 Å². The van der Waals surface area contributed by atoms with Crippen molar-refractivity contribution in [2.75, 3.05) is 4.31 Å². The van der Waals surface area contributed by atoms with Crippen molar-refractivity contribution >= 4 is 31.6 Å². The molecule has 0 N–H and O–H groups in total. The van der Waals surface area contributed by atoms with Crippen LogP contribution in [0.1, 0.15) is 0 Å². The average Bonchev–Trinajstić information content (AvgIpc) is 2.18. The predicted octanol–water partition coefficient (Wildman–Crippen LogP) is 3.33. The number of hydrogen-bond donors (Lipinski definition) is 0. The zero-order chi connectivity index (χ0) is 14.1. The van der Waals surface area contributed by atoms with Crippen LogP contribution in [0.2, 0.25) is 0 Å². The Morgan fingerprint density at radius 1 is 1.11 bits per heavy atom. The first-order valence-corrected chi connectivity index (χ1v) is 6.45. The number of hydrogen-bond acceptors (Lipinski definition) is 2. The van der Waals surface area contributed by atoms with Gasteiger partial charge >= 0.3 is 22.1 Å². The number of sulfonamides is 1. The highest BCUT2D eigenvalue weighted by Crippen LogP contribution is 2.33. The Balaban J connectivity index is 3.33. The third-order valence-corrected chi connectivity index (χ3v) is 3.81. The third kappa shape index (κ3) is 2.91. The van der Waals surface area contributed by atoms with Gasteiger partial charge in [0.25, 0.3) is 0 Å². The predicted molar refractivity (Wildman–Crippen MR) is 57.6 cm³/mol. The molecule has 0 aliphatic carbocycles. The number of rotatable bonds is 3. The minimum absolute atomic E-state index is 0.407. The highest BCUT2D eigenvalue weighted by molar-refractivity contribution is 9.10. The van der Waals surface area contributed by atoms with E-state index in [2.05, 4.69) is 15.9 Å². The molecule has 0 amide bonds. The highest BCUT2D eigenvalue weighted by Gasteiger charge is 2.52. The van der Waals surface area contributed by atoms with Gasteiger partial charge in [-0.2, -0.15) is 30.4 Å². The number of anilines is 1. The first-order valence-electron chi connectivity index (χ1n) is 4.22. The van der Waals surface area contributed by atoms with Crippen LogP contribution in [0.25, 0.3) is 0 Å². The molecule has 1 aromatic carbocycles. The molecule has 18 heavy (non-hydrogen) atoms. The molecule has 1 aromatic rings. The number of nitrogens with zero attached hydrogens (tertiary/aromatic N) is 1. The van der Waals surface area contributed by atoms with E-state index in [-0.39, 0.29) is 0 Å². The van der Waals surface area contributed by atoms with Gasteiger partial charge in [0, 0.05) is 4.47 Å². The molecule has 0 heterocycles. The molecule has 0 bridgehead atoms. The van der Waals surface area contributed by atoms with Gasteiger partial charge in [-0.15, -0.1) is 0 Å². The maximum atomic E-state index is 12.5. The summed E-state index contributed by atoms with van der Waals surface area (Å²) >= 11 is 2.94. The Hall–Kier alpha value is -0.900. The van der Waals surface area contributed by atoms with Crippen molar-refractivity contribution in [2.24, 2.45) is 0 Å². The zero-order valence-corrected chi connectivity index (χ0v) is 10.7. The first kappa shape index (κ1) is 15.2. The number of halogens is 6. The van der Waals surface area contributed by atoms with Gasteiger partial charge in [0.1, 0.15) is 0 Å². The Bertz CT molecular complexity index is 513. The molecule has 3 nitrogen and oxygen atoms in total. The van der Waals surface area contributed by atoms with Crippen LogP contribution in [0.3, 0.4) is 0 Å². The van der Waals surface area contributed by atoms with Gasteiger partial charge in [-0.25, -0.2) is 4.31 Å². The molecule has 0 aliphatic rings. The van der Waals surface area contributed by atoms with Gasteiger partial charge in [0.15, 0.2) is 0 Å². The van der Waals surface area contributed by atoms with Crippen molar-refractivity contribution in [3.8, 4) is 0 Å². The van der Waals surface area contributed by atoms with Crippen molar-refractivity contribution in [2.45, 2.75) is 12.1 Å². The molecule has 0 saturated carbocycles. The summed E-state index contributed by atoms with van der Waals surface area (Å²) in [6.45, 7) is -3.84. The molecule has 102 valence electrons. The van der Waals surface area contributed by atoms with E-state index in [1.54, 1.807) is 0 Å². The van der Waals surface area contributed by atoms with Gasteiger partial charge in [-0.1, -0.05) is 15.9 Å². The zero-order valence-electron chi connectivity index (χ0n) is 8.33. The van der Waals surface area contributed by atoms with Gasteiger partial charge in [-0.3, -0.25) is 0 Å². The Morgan fingerprint density at radius 3 is 1.89 bits per heavy atom. The van der Waals surface area contributed by atoms with Gasteiger partial charge in [-0.05, 0) is 24.3 Å².